The minimum absolute atomic E-state index is 0.756. The monoisotopic (exact) mass is 626 g/mol. The summed E-state index contributed by atoms with van der Waals surface area (Å²) < 4.78 is 13.0. The summed E-state index contributed by atoms with van der Waals surface area (Å²) in [6.45, 7) is 6.28. The molecule has 0 bridgehead atoms. The molecule has 2 aromatic heterocycles. The van der Waals surface area contributed by atoms with Gasteiger partial charge >= 0.3 is 0 Å². The number of furan rings is 2. The van der Waals surface area contributed by atoms with E-state index in [0.29, 0.717) is 0 Å². The van der Waals surface area contributed by atoms with Crippen LogP contribution in [0.3, 0.4) is 0 Å². The Morgan fingerprint density at radius 2 is 1.06 bits per heavy atom. The molecule has 0 aliphatic rings. The minimum atomic E-state index is 0.756. The Kier molecular flexibility index (Phi) is 5.97. The highest BCUT2D eigenvalue weighted by Gasteiger charge is 2.22. The molecule has 0 aliphatic heterocycles. The summed E-state index contributed by atoms with van der Waals surface area (Å²) in [6.07, 6.45) is 1.82. The summed E-state index contributed by atoms with van der Waals surface area (Å²) in [7, 11) is 0. The Bertz CT molecular complexity index is 2910. The highest BCUT2D eigenvalue weighted by molar-refractivity contribution is 6.24. The van der Waals surface area contributed by atoms with Crippen molar-refractivity contribution >= 4 is 71.3 Å². The van der Waals surface area contributed by atoms with Gasteiger partial charge in [-0.2, -0.15) is 0 Å². The van der Waals surface area contributed by atoms with Crippen molar-refractivity contribution in [2.75, 3.05) is 0 Å². The number of rotatable bonds is 4. The standard InChI is InChI=1S/C47H30O2/c1-3-41-46(31-25-26-39-33-16-10-11-22-42(33)49-47(39)28(31)2)40-24-23-30(27-43(40)48-41)44-35-17-6-8-19-37(35)45(38-20-9-7-18-36(38)44)34-21-12-14-29-13-4-5-15-32(29)34/h3-27H,1H2,2H3. The van der Waals surface area contributed by atoms with Gasteiger partial charge in [0, 0.05) is 27.3 Å². The number of fused-ring (bicyclic) bond motifs is 7. The molecule has 0 radical (unpaired) electrons. The van der Waals surface area contributed by atoms with E-state index in [0.717, 1.165) is 60.9 Å². The third kappa shape index (κ3) is 4.01. The lowest BCUT2D eigenvalue weighted by atomic mass is 9.84. The van der Waals surface area contributed by atoms with Gasteiger partial charge in [-0.15, -0.1) is 0 Å². The van der Waals surface area contributed by atoms with Crippen LogP contribution in [0.25, 0.3) is 105 Å². The van der Waals surface area contributed by atoms with Crippen LogP contribution in [0.5, 0.6) is 0 Å². The fourth-order valence-corrected chi connectivity index (χ4v) is 8.06. The summed E-state index contributed by atoms with van der Waals surface area (Å²) in [5.41, 5.74) is 10.7. The largest absolute Gasteiger partial charge is 0.456 e. The molecule has 2 nitrogen and oxygen atoms in total. The average molecular weight is 627 g/mol. The van der Waals surface area contributed by atoms with E-state index in [1.165, 1.54) is 49.0 Å². The molecule has 230 valence electrons. The number of benzene rings is 8. The van der Waals surface area contributed by atoms with Crippen molar-refractivity contribution in [2.45, 2.75) is 6.92 Å². The van der Waals surface area contributed by atoms with Crippen LogP contribution in [0.2, 0.25) is 0 Å². The van der Waals surface area contributed by atoms with Crippen LogP contribution >= 0.6 is 0 Å². The van der Waals surface area contributed by atoms with Crippen LogP contribution in [-0.2, 0) is 0 Å². The van der Waals surface area contributed by atoms with Crippen LogP contribution in [0.1, 0.15) is 11.3 Å². The van der Waals surface area contributed by atoms with Gasteiger partial charge in [0.1, 0.15) is 22.5 Å². The third-order valence-electron chi connectivity index (χ3n) is 10.2. The summed E-state index contributed by atoms with van der Waals surface area (Å²) in [6, 6.07) is 52.1. The summed E-state index contributed by atoms with van der Waals surface area (Å²) in [4.78, 5) is 0. The first-order valence-electron chi connectivity index (χ1n) is 16.7. The van der Waals surface area contributed by atoms with Crippen LogP contribution in [0.4, 0.5) is 0 Å². The lowest BCUT2D eigenvalue weighted by Crippen LogP contribution is -1.91. The molecule has 0 amide bonds. The molecule has 0 aliphatic carbocycles. The summed E-state index contributed by atoms with van der Waals surface area (Å²) in [5, 5.41) is 10.7. The molecule has 0 spiro atoms. The first-order valence-corrected chi connectivity index (χ1v) is 16.7. The zero-order valence-corrected chi connectivity index (χ0v) is 27.0. The molecule has 0 fully saturated rings. The quantitative estimate of drug-likeness (QED) is 0.182. The fourth-order valence-electron chi connectivity index (χ4n) is 8.06. The van der Waals surface area contributed by atoms with Crippen molar-refractivity contribution < 1.29 is 8.83 Å². The number of para-hydroxylation sites is 1. The van der Waals surface area contributed by atoms with E-state index in [1.807, 2.05) is 18.2 Å². The van der Waals surface area contributed by atoms with E-state index in [4.69, 9.17) is 8.83 Å². The van der Waals surface area contributed by atoms with E-state index in [-0.39, 0.29) is 0 Å². The molecule has 0 atom stereocenters. The Balaban J connectivity index is 1.22. The lowest BCUT2D eigenvalue weighted by molar-refractivity contribution is 0.605. The number of hydrogen-bond acceptors (Lipinski definition) is 2. The second-order valence-electron chi connectivity index (χ2n) is 12.8. The van der Waals surface area contributed by atoms with Crippen molar-refractivity contribution in [3.63, 3.8) is 0 Å². The number of hydrogen-bond donors (Lipinski definition) is 0. The maximum atomic E-state index is 6.61. The van der Waals surface area contributed by atoms with Crippen LogP contribution in [-0.4, -0.2) is 0 Å². The third-order valence-corrected chi connectivity index (χ3v) is 10.2. The first-order chi connectivity index (χ1) is 24.2. The van der Waals surface area contributed by atoms with Crippen LogP contribution in [0, 0.1) is 6.92 Å². The molecule has 2 heteroatoms. The minimum Gasteiger partial charge on any atom is -0.456 e. The van der Waals surface area contributed by atoms with Crippen molar-refractivity contribution in [1.29, 1.82) is 0 Å². The first kappa shape index (κ1) is 27.7. The Hall–Kier alpha value is -6.38. The molecule has 0 saturated heterocycles. The van der Waals surface area contributed by atoms with Crippen LogP contribution < -0.4 is 0 Å². The molecule has 0 N–H and O–H groups in total. The summed E-state index contributed by atoms with van der Waals surface area (Å²) in [5.74, 6) is 0.756. The second kappa shape index (κ2) is 10.6. The zero-order valence-electron chi connectivity index (χ0n) is 27.0. The summed E-state index contributed by atoms with van der Waals surface area (Å²) >= 11 is 0. The molecular weight excluding hydrogens is 597 g/mol. The van der Waals surface area contributed by atoms with Gasteiger partial charge in [-0.25, -0.2) is 0 Å². The van der Waals surface area contributed by atoms with Crippen LogP contribution in [0.15, 0.2) is 161 Å². The predicted molar refractivity (Wildman–Crippen MR) is 207 cm³/mol. The van der Waals surface area contributed by atoms with E-state index < -0.39 is 0 Å². The smallest absolute Gasteiger partial charge is 0.138 e. The van der Waals surface area contributed by atoms with E-state index in [1.54, 1.807) is 0 Å². The van der Waals surface area contributed by atoms with E-state index in [9.17, 15) is 0 Å². The van der Waals surface area contributed by atoms with Gasteiger partial charge in [0.25, 0.3) is 0 Å². The van der Waals surface area contributed by atoms with Gasteiger partial charge in [-0.1, -0.05) is 128 Å². The van der Waals surface area contributed by atoms with Crippen molar-refractivity contribution in [2.24, 2.45) is 0 Å². The Morgan fingerprint density at radius 1 is 0.449 bits per heavy atom. The second-order valence-corrected chi connectivity index (χ2v) is 12.8. The fraction of sp³-hybridized carbons (Fsp3) is 0.0213. The molecule has 49 heavy (non-hydrogen) atoms. The SMILES string of the molecule is C=Cc1oc2cc(-c3c4ccccc4c(-c4cccc5ccccc45)c4ccccc34)ccc2c1-c1ccc2c(oc3ccccc32)c1C. The molecule has 10 aromatic rings. The van der Waals surface area contributed by atoms with E-state index >= 15 is 0 Å². The van der Waals surface area contributed by atoms with Gasteiger partial charge in [-0.3, -0.25) is 0 Å². The maximum absolute atomic E-state index is 6.61. The average Bonchev–Trinajstić information content (AvgIpc) is 3.72. The predicted octanol–water partition coefficient (Wildman–Crippen LogP) is 13.7. The van der Waals surface area contributed by atoms with Crippen molar-refractivity contribution in [3.05, 3.63) is 163 Å². The van der Waals surface area contributed by atoms with Gasteiger partial charge in [0.05, 0.1) is 0 Å². The molecule has 0 saturated carbocycles. The van der Waals surface area contributed by atoms with E-state index in [2.05, 4.69) is 147 Å². The normalized spacial score (nSPS) is 11.9. The maximum Gasteiger partial charge on any atom is 0.138 e. The highest BCUT2D eigenvalue weighted by Crippen LogP contribution is 2.47. The number of aryl methyl sites for hydroxylation is 1. The van der Waals surface area contributed by atoms with Gasteiger partial charge in [0.2, 0.25) is 0 Å². The van der Waals surface area contributed by atoms with Gasteiger partial charge in [0.15, 0.2) is 0 Å². The molecule has 0 unspecified atom stereocenters. The van der Waals surface area contributed by atoms with Gasteiger partial charge in [-0.05, 0) is 97.4 Å². The molecule has 8 aromatic carbocycles. The lowest BCUT2D eigenvalue weighted by Gasteiger charge is -2.18. The Labute approximate surface area is 283 Å². The zero-order chi connectivity index (χ0) is 32.6. The highest BCUT2D eigenvalue weighted by atomic mass is 16.3. The van der Waals surface area contributed by atoms with Crippen molar-refractivity contribution in [3.8, 4) is 33.4 Å². The van der Waals surface area contributed by atoms with Gasteiger partial charge < -0.3 is 8.83 Å². The Morgan fingerprint density at radius 3 is 1.80 bits per heavy atom. The molecule has 10 rings (SSSR count). The topological polar surface area (TPSA) is 26.3 Å². The molecular formula is C47H30O2. The molecule has 2 heterocycles. The van der Waals surface area contributed by atoms with Crippen molar-refractivity contribution in [1.82, 2.24) is 0 Å².